The van der Waals surface area contributed by atoms with E-state index in [4.69, 9.17) is 9.47 Å². The maximum absolute atomic E-state index is 13.1. The second-order valence-corrected chi connectivity index (χ2v) is 8.47. The lowest BCUT2D eigenvalue weighted by Gasteiger charge is -2.34. The number of amides is 1. The van der Waals surface area contributed by atoms with Crippen molar-refractivity contribution in [3.63, 3.8) is 0 Å². The SMILES string of the molecule is COc1ccc(CNC(=O)[C@@H]2CNCCN2S(=O)(=O)c2ccc(OC)cc2)cc1. The molecular formula is C20H25N3O5S. The van der Waals surface area contributed by atoms with E-state index in [0.717, 1.165) is 11.3 Å². The minimum atomic E-state index is -3.81. The Balaban J connectivity index is 1.72. The third kappa shape index (κ3) is 4.87. The zero-order valence-corrected chi connectivity index (χ0v) is 17.2. The summed E-state index contributed by atoms with van der Waals surface area (Å²) < 4.78 is 37.7. The van der Waals surface area contributed by atoms with Crippen molar-refractivity contribution in [2.24, 2.45) is 0 Å². The first-order valence-electron chi connectivity index (χ1n) is 9.23. The van der Waals surface area contributed by atoms with Gasteiger partial charge in [-0.05, 0) is 42.0 Å². The molecule has 0 spiro atoms. The van der Waals surface area contributed by atoms with E-state index in [2.05, 4.69) is 10.6 Å². The molecule has 8 nitrogen and oxygen atoms in total. The van der Waals surface area contributed by atoms with Crippen LogP contribution in [0.2, 0.25) is 0 Å². The van der Waals surface area contributed by atoms with Crippen LogP contribution in [0.4, 0.5) is 0 Å². The highest BCUT2D eigenvalue weighted by atomic mass is 32.2. The molecule has 0 bridgehead atoms. The maximum Gasteiger partial charge on any atom is 0.243 e. The van der Waals surface area contributed by atoms with E-state index in [1.807, 2.05) is 24.3 Å². The monoisotopic (exact) mass is 419 g/mol. The molecule has 1 saturated heterocycles. The second kappa shape index (κ2) is 9.25. The van der Waals surface area contributed by atoms with E-state index in [-0.39, 0.29) is 23.9 Å². The van der Waals surface area contributed by atoms with E-state index in [1.165, 1.54) is 23.5 Å². The summed E-state index contributed by atoms with van der Waals surface area (Å²) in [5, 5.41) is 5.93. The number of nitrogens with zero attached hydrogens (tertiary/aromatic N) is 1. The highest BCUT2D eigenvalue weighted by Gasteiger charge is 2.37. The topological polar surface area (TPSA) is 97.0 Å². The van der Waals surface area contributed by atoms with Crippen LogP contribution in [0.25, 0.3) is 0 Å². The van der Waals surface area contributed by atoms with Crippen molar-refractivity contribution in [2.45, 2.75) is 17.5 Å². The lowest BCUT2D eigenvalue weighted by Crippen LogP contribution is -2.59. The molecule has 29 heavy (non-hydrogen) atoms. The average molecular weight is 420 g/mol. The molecular weight excluding hydrogens is 394 g/mol. The van der Waals surface area contributed by atoms with Gasteiger partial charge >= 0.3 is 0 Å². The van der Waals surface area contributed by atoms with E-state index in [0.29, 0.717) is 18.8 Å². The van der Waals surface area contributed by atoms with Gasteiger partial charge in [-0.25, -0.2) is 8.42 Å². The van der Waals surface area contributed by atoms with E-state index in [9.17, 15) is 13.2 Å². The molecule has 2 aromatic carbocycles. The van der Waals surface area contributed by atoms with Gasteiger partial charge in [0.1, 0.15) is 17.5 Å². The largest absolute Gasteiger partial charge is 0.497 e. The predicted molar refractivity (Wildman–Crippen MR) is 108 cm³/mol. The number of ether oxygens (including phenoxy) is 2. The minimum Gasteiger partial charge on any atom is -0.497 e. The fourth-order valence-electron chi connectivity index (χ4n) is 3.13. The first-order valence-corrected chi connectivity index (χ1v) is 10.7. The number of hydrogen-bond acceptors (Lipinski definition) is 6. The Morgan fingerprint density at radius 3 is 2.24 bits per heavy atom. The highest BCUT2D eigenvalue weighted by Crippen LogP contribution is 2.22. The van der Waals surface area contributed by atoms with Gasteiger partial charge in [-0.15, -0.1) is 0 Å². The summed E-state index contributed by atoms with van der Waals surface area (Å²) in [6, 6.07) is 12.7. The maximum atomic E-state index is 13.1. The molecule has 0 saturated carbocycles. The minimum absolute atomic E-state index is 0.133. The molecule has 0 aromatic heterocycles. The van der Waals surface area contributed by atoms with Gasteiger partial charge < -0.3 is 20.1 Å². The standard InChI is InChI=1S/C20H25N3O5S/c1-27-16-5-3-15(4-6-16)13-22-20(24)19-14-21-11-12-23(19)29(25,26)18-9-7-17(28-2)8-10-18/h3-10,19,21H,11-14H2,1-2H3,(H,22,24)/t19-/m0/s1. The Kier molecular flexibility index (Phi) is 6.73. The van der Waals surface area contributed by atoms with E-state index >= 15 is 0 Å². The summed E-state index contributed by atoms with van der Waals surface area (Å²) >= 11 is 0. The van der Waals surface area contributed by atoms with Crippen molar-refractivity contribution in [1.29, 1.82) is 0 Å². The summed E-state index contributed by atoms with van der Waals surface area (Å²) in [7, 11) is -0.708. The third-order valence-corrected chi connectivity index (χ3v) is 6.71. The van der Waals surface area contributed by atoms with Gasteiger partial charge in [-0.1, -0.05) is 12.1 Å². The van der Waals surface area contributed by atoms with Gasteiger partial charge in [0.15, 0.2) is 0 Å². The van der Waals surface area contributed by atoms with Crippen molar-refractivity contribution in [1.82, 2.24) is 14.9 Å². The molecule has 2 aromatic rings. The number of hydrogen-bond donors (Lipinski definition) is 2. The summed E-state index contributed by atoms with van der Waals surface area (Å²) in [4.78, 5) is 12.9. The van der Waals surface area contributed by atoms with Gasteiger partial charge in [-0.3, -0.25) is 4.79 Å². The normalized spacial score (nSPS) is 17.5. The Morgan fingerprint density at radius 1 is 1.07 bits per heavy atom. The fraction of sp³-hybridized carbons (Fsp3) is 0.350. The lowest BCUT2D eigenvalue weighted by atomic mass is 10.2. The highest BCUT2D eigenvalue weighted by molar-refractivity contribution is 7.89. The van der Waals surface area contributed by atoms with Crippen molar-refractivity contribution >= 4 is 15.9 Å². The first-order chi connectivity index (χ1) is 14.0. The molecule has 0 radical (unpaired) electrons. The fourth-order valence-corrected chi connectivity index (χ4v) is 4.72. The number of methoxy groups -OCH3 is 2. The molecule has 9 heteroatoms. The van der Waals surface area contributed by atoms with Crippen molar-refractivity contribution in [3.8, 4) is 11.5 Å². The average Bonchev–Trinajstić information content (AvgIpc) is 2.77. The number of nitrogens with one attached hydrogen (secondary N) is 2. The smallest absolute Gasteiger partial charge is 0.243 e. The molecule has 0 aliphatic carbocycles. The van der Waals surface area contributed by atoms with Crippen LogP contribution in [-0.4, -0.2) is 58.5 Å². The van der Waals surface area contributed by atoms with Crippen LogP contribution in [0, 0.1) is 0 Å². The third-order valence-electron chi connectivity index (χ3n) is 4.79. The number of carbonyl (C=O) groups is 1. The molecule has 2 N–H and O–H groups in total. The van der Waals surface area contributed by atoms with Gasteiger partial charge in [0.2, 0.25) is 15.9 Å². The molecule has 0 unspecified atom stereocenters. The summed E-state index contributed by atoms with van der Waals surface area (Å²) in [6.07, 6.45) is 0. The first kappa shape index (κ1) is 21.1. The lowest BCUT2D eigenvalue weighted by molar-refractivity contribution is -0.125. The zero-order chi connectivity index (χ0) is 20.9. The quantitative estimate of drug-likeness (QED) is 0.695. The van der Waals surface area contributed by atoms with Gasteiger partial charge in [-0.2, -0.15) is 4.31 Å². The van der Waals surface area contributed by atoms with Crippen molar-refractivity contribution in [2.75, 3.05) is 33.9 Å². The molecule has 1 heterocycles. The Bertz CT molecular complexity index is 930. The number of sulfonamides is 1. The molecule has 156 valence electrons. The number of benzene rings is 2. The van der Waals surface area contributed by atoms with Gasteiger partial charge in [0.25, 0.3) is 0 Å². The molecule has 3 rings (SSSR count). The van der Waals surface area contributed by atoms with Crippen LogP contribution in [-0.2, 0) is 21.4 Å². The Labute approximate surface area is 170 Å². The molecule has 1 atom stereocenters. The molecule has 1 aliphatic rings. The number of piperazine rings is 1. The molecule has 1 aliphatic heterocycles. The van der Waals surface area contributed by atoms with Crippen LogP contribution >= 0.6 is 0 Å². The summed E-state index contributed by atoms with van der Waals surface area (Å²) in [5.74, 6) is 0.955. The molecule has 1 amide bonds. The number of carbonyl (C=O) groups excluding carboxylic acids is 1. The zero-order valence-electron chi connectivity index (χ0n) is 16.4. The Hall–Kier alpha value is -2.62. The van der Waals surface area contributed by atoms with Crippen LogP contribution in [0.15, 0.2) is 53.4 Å². The molecule has 1 fully saturated rings. The van der Waals surface area contributed by atoms with Gasteiger partial charge in [0.05, 0.1) is 19.1 Å². The van der Waals surface area contributed by atoms with E-state index in [1.54, 1.807) is 19.2 Å². The van der Waals surface area contributed by atoms with Crippen LogP contribution < -0.4 is 20.1 Å². The van der Waals surface area contributed by atoms with Crippen LogP contribution in [0.5, 0.6) is 11.5 Å². The van der Waals surface area contributed by atoms with Gasteiger partial charge in [0, 0.05) is 26.2 Å². The Morgan fingerprint density at radius 2 is 1.66 bits per heavy atom. The summed E-state index contributed by atoms with van der Waals surface area (Å²) in [5.41, 5.74) is 0.896. The van der Waals surface area contributed by atoms with Crippen molar-refractivity contribution in [3.05, 3.63) is 54.1 Å². The summed E-state index contributed by atoms with van der Waals surface area (Å²) in [6.45, 7) is 1.26. The van der Waals surface area contributed by atoms with E-state index < -0.39 is 16.1 Å². The van der Waals surface area contributed by atoms with Crippen molar-refractivity contribution < 1.29 is 22.7 Å². The second-order valence-electron chi connectivity index (χ2n) is 6.58. The van der Waals surface area contributed by atoms with Crippen LogP contribution in [0.1, 0.15) is 5.56 Å². The number of rotatable bonds is 7. The predicted octanol–water partition coefficient (Wildman–Crippen LogP) is 0.983. The van der Waals surface area contributed by atoms with Crippen LogP contribution in [0.3, 0.4) is 0 Å².